The van der Waals surface area contributed by atoms with E-state index in [0.717, 1.165) is 11.3 Å². The molecular formula is C20H21N3O6. The lowest BCUT2D eigenvalue weighted by Crippen LogP contribution is -2.28. The molecule has 29 heavy (non-hydrogen) atoms. The molecule has 0 aliphatic carbocycles. The molecule has 3 rings (SSSR count). The number of nitrogens with zero attached hydrogens (tertiary/aromatic N) is 2. The maximum Gasteiger partial charge on any atom is 0.258 e. The monoisotopic (exact) mass is 399 g/mol. The van der Waals surface area contributed by atoms with Gasteiger partial charge in [0.05, 0.1) is 27.9 Å². The minimum atomic E-state index is -0.337. The fourth-order valence-electron chi connectivity index (χ4n) is 2.42. The zero-order valence-electron chi connectivity index (χ0n) is 16.3. The molecule has 0 bridgehead atoms. The Hall–Kier alpha value is -3.75. The smallest absolute Gasteiger partial charge is 0.258 e. The second-order valence-electron chi connectivity index (χ2n) is 5.85. The maximum absolute atomic E-state index is 12.0. The van der Waals surface area contributed by atoms with Crippen LogP contribution in [0.3, 0.4) is 0 Å². The topological polar surface area (TPSA) is 105 Å². The highest BCUT2D eigenvalue weighted by atomic mass is 16.5. The molecule has 3 aromatic rings. The normalized spacial score (nSPS) is 10.3. The van der Waals surface area contributed by atoms with Gasteiger partial charge in [0.15, 0.2) is 6.61 Å². The number of hydrogen-bond acceptors (Lipinski definition) is 8. The predicted molar refractivity (Wildman–Crippen MR) is 103 cm³/mol. The van der Waals surface area contributed by atoms with Gasteiger partial charge < -0.3 is 28.8 Å². The Labute approximate surface area is 167 Å². The molecule has 0 aliphatic rings. The van der Waals surface area contributed by atoms with Crippen molar-refractivity contribution in [1.29, 1.82) is 0 Å². The first kappa shape index (κ1) is 20.0. The third-order valence-corrected chi connectivity index (χ3v) is 3.95. The summed E-state index contributed by atoms with van der Waals surface area (Å²) >= 11 is 0. The van der Waals surface area contributed by atoms with Gasteiger partial charge in [-0.05, 0) is 24.3 Å². The second kappa shape index (κ2) is 9.45. The van der Waals surface area contributed by atoms with Crippen LogP contribution < -0.4 is 24.3 Å². The van der Waals surface area contributed by atoms with Crippen molar-refractivity contribution in [3.63, 3.8) is 0 Å². The van der Waals surface area contributed by atoms with Gasteiger partial charge in [-0.1, -0.05) is 5.16 Å². The van der Waals surface area contributed by atoms with Crippen LogP contribution >= 0.6 is 0 Å². The van der Waals surface area contributed by atoms with Gasteiger partial charge in [-0.3, -0.25) is 4.79 Å². The molecule has 9 nitrogen and oxygen atoms in total. The van der Waals surface area contributed by atoms with Gasteiger partial charge in [-0.2, -0.15) is 4.98 Å². The van der Waals surface area contributed by atoms with Crippen molar-refractivity contribution in [3.8, 4) is 34.4 Å². The van der Waals surface area contributed by atoms with Crippen molar-refractivity contribution in [2.45, 2.75) is 6.54 Å². The van der Waals surface area contributed by atoms with Crippen LogP contribution in [0.1, 0.15) is 5.89 Å². The maximum atomic E-state index is 12.0. The first-order valence-electron chi connectivity index (χ1n) is 8.71. The van der Waals surface area contributed by atoms with Crippen molar-refractivity contribution in [3.05, 3.63) is 48.4 Å². The van der Waals surface area contributed by atoms with Gasteiger partial charge in [0, 0.05) is 23.8 Å². The number of benzene rings is 2. The van der Waals surface area contributed by atoms with Gasteiger partial charge in [-0.15, -0.1) is 0 Å². The number of aromatic nitrogens is 2. The van der Waals surface area contributed by atoms with Crippen molar-refractivity contribution >= 4 is 5.91 Å². The first-order chi connectivity index (χ1) is 14.1. The summed E-state index contributed by atoms with van der Waals surface area (Å²) in [7, 11) is 4.67. The van der Waals surface area contributed by atoms with Crippen LogP contribution in [-0.4, -0.2) is 44.0 Å². The summed E-state index contributed by atoms with van der Waals surface area (Å²) in [4.78, 5) is 16.3. The summed E-state index contributed by atoms with van der Waals surface area (Å²) in [6, 6.07) is 12.3. The van der Waals surface area contributed by atoms with E-state index in [1.165, 1.54) is 14.2 Å². The highest BCUT2D eigenvalue weighted by Gasteiger charge is 2.11. The Morgan fingerprint density at radius 2 is 1.55 bits per heavy atom. The van der Waals surface area contributed by atoms with E-state index < -0.39 is 0 Å². The number of carbonyl (C=O) groups is 1. The number of rotatable bonds is 9. The molecule has 0 radical (unpaired) electrons. The van der Waals surface area contributed by atoms with Crippen LogP contribution in [-0.2, 0) is 11.3 Å². The standard InChI is InChI=1S/C20H21N3O6/c1-25-14-6-4-13(5-7-14)20-22-19(29-23-20)11-21-18(24)12-28-17-9-15(26-2)8-16(10-17)27-3/h4-10H,11-12H2,1-3H3,(H,21,24). The number of nitrogens with one attached hydrogen (secondary N) is 1. The highest BCUT2D eigenvalue weighted by molar-refractivity contribution is 5.77. The molecule has 0 spiro atoms. The molecule has 1 aromatic heterocycles. The molecule has 0 unspecified atom stereocenters. The summed E-state index contributed by atoms with van der Waals surface area (Å²) in [5.41, 5.74) is 0.780. The van der Waals surface area contributed by atoms with Crippen LogP contribution in [0, 0.1) is 0 Å². The minimum absolute atomic E-state index is 0.0901. The Bertz CT molecular complexity index is 933. The van der Waals surface area contributed by atoms with E-state index in [1.54, 1.807) is 37.4 Å². The van der Waals surface area contributed by atoms with Crippen molar-refractivity contribution in [1.82, 2.24) is 15.5 Å². The summed E-state index contributed by atoms with van der Waals surface area (Å²) in [6.07, 6.45) is 0. The predicted octanol–water partition coefficient (Wildman–Crippen LogP) is 2.46. The largest absolute Gasteiger partial charge is 0.497 e. The van der Waals surface area contributed by atoms with E-state index in [4.69, 9.17) is 23.5 Å². The number of methoxy groups -OCH3 is 3. The Morgan fingerprint density at radius 3 is 2.17 bits per heavy atom. The van der Waals surface area contributed by atoms with Gasteiger partial charge >= 0.3 is 0 Å². The average Bonchev–Trinajstić information content (AvgIpc) is 3.25. The Balaban J connectivity index is 1.51. The number of hydrogen-bond donors (Lipinski definition) is 1. The number of ether oxygens (including phenoxy) is 4. The summed E-state index contributed by atoms with van der Waals surface area (Å²) < 4.78 is 26.1. The Kier molecular flexibility index (Phi) is 6.51. The zero-order chi connectivity index (χ0) is 20.6. The molecule has 0 fully saturated rings. The van der Waals surface area contributed by atoms with Crippen molar-refractivity contribution < 1.29 is 28.3 Å². The lowest BCUT2D eigenvalue weighted by atomic mass is 10.2. The van der Waals surface area contributed by atoms with Crippen LogP contribution in [0.4, 0.5) is 0 Å². The zero-order valence-corrected chi connectivity index (χ0v) is 16.3. The fraction of sp³-hybridized carbons (Fsp3) is 0.250. The third-order valence-electron chi connectivity index (χ3n) is 3.95. The Morgan fingerprint density at radius 1 is 0.931 bits per heavy atom. The molecule has 1 amide bonds. The first-order valence-corrected chi connectivity index (χ1v) is 8.71. The van der Waals surface area contributed by atoms with Crippen LogP contribution in [0.15, 0.2) is 47.0 Å². The van der Waals surface area contributed by atoms with Gasteiger partial charge in [-0.25, -0.2) is 0 Å². The lowest BCUT2D eigenvalue weighted by molar-refractivity contribution is -0.123. The SMILES string of the molecule is COc1ccc(-c2noc(CNC(=O)COc3cc(OC)cc(OC)c3)n2)cc1. The average molecular weight is 399 g/mol. The van der Waals surface area contributed by atoms with Crippen LogP contribution in [0.25, 0.3) is 11.4 Å². The fourth-order valence-corrected chi connectivity index (χ4v) is 2.42. The van der Waals surface area contributed by atoms with Gasteiger partial charge in [0.2, 0.25) is 11.7 Å². The molecule has 9 heteroatoms. The summed E-state index contributed by atoms with van der Waals surface area (Å²) in [5, 5.41) is 6.58. The van der Waals surface area contributed by atoms with Crippen LogP contribution in [0.5, 0.6) is 23.0 Å². The van der Waals surface area contributed by atoms with E-state index in [9.17, 15) is 4.79 Å². The van der Waals surface area contributed by atoms with Crippen LogP contribution in [0.2, 0.25) is 0 Å². The molecular weight excluding hydrogens is 378 g/mol. The van der Waals surface area contributed by atoms with Gasteiger partial charge in [0.1, 0.15) is 23.0 Å². The van der Waals surface area contributed by atoms with E-state index in [1.807, 2.05) is 12.1 Å². The minimum Gasteiger partial charge on any atom is -0.497 e. The van der Waals surface area contributed by atoms with Crippen molar-refractivity contribution in [2.24, 2.45) is 0 Å². The van der Waals surface area contributed by atoms with Gasteiger partial charge in [0.25, 0.3) is 5.91 Å². The molecule has 0 saturated heterocycles. The molecule has 1 N–H and O–H groups in total. The number of carbonyl (C=O) groups excluding carboxylic acids is 1. The third kappa shape index (κ3) is 5.38. The molecule has 0 atom stereocenters. The quantitative estimate of drug-likeness (QED) is 0.585. The molecule has 1 heterocycles. The molecule has 152 valence electrons. The molecule has 0 saturated carbocycles. The molecule has 2 aromatic carbocycles. The summed E-state index contributed by atoms with van der Waals surface area (Å²) in [5.74, 6) is 2.70. The van der Waals surface area contributed by atoms with E-state index >= 15 is 0 Å². The number of amides is 1. The van der Waals surface area contributed by atoms with E-state index in [0.29, 0.717) is 23.1 Å². The second-order valence-corrected chi connectivity index (χ2v) is 5.85. The van der Waals surface area contributed by atoms with E-state index in [-0.39, 0.29) is 24.9 Å². The van der Waals surface area contributed by atoms with Crippen molar-refractivity contribution in [2.75, 3.05) is 27.9 Å². The van der Waals surface area contributed by atoms with E-state index in [2.05, 4.69) is 15.5 Å². The molecule has 0 aliphatic heterocycles. The highest BCUT2D eigenvalue weighted by Crippen LogP contribution is 2.27. The summed E-state index contributed by atoms with van der Waals surface area (Å²) in [6.45, 7) is -0.0947. The lowest BCUT2D eigenvalue weighted by Gasteiger charge is -2.10.